The van der Waals surface area contributed by atoms with Crippen LogP contribution in [0, 0.1) is 0 Å². The van der Waals surface area contributed by atoms with Crippen LogP contribution in [-0.4, -0.2) is 32.7 Å². The molecule has 0 aliphatic heterocycles. The Hall–Kier alpha value is -2.16. The minimum Gasteiger partial charge on any atom is -0.484 e. The first-order valence-electron chi connectivity index (χ1n) is 8.39. The summed E-state index contributed by atoms with van der Waals surface area (Å²) in [5.74, 6) is 1.38. The van der Waals surface area contributed by atoms with Crippen molar-refractivity contribution in [2.24, 2.45) is 7.05 Å². The third-order valence-corrected chi connectivity index (χ3v) is 5.90. The standard InChI is InChI=1S/C19H19ClN4O2S2/c1-24-17(11-26-16-6-4-3-5-15(16)20)22-23-19(24)28-12-18(25)21-13-7-9-14(27-2)10-8-13/h3-10H,11-12H2,1-2H3,(H,21,25). The van der Waals surface area contributed by atoms with Crippen molar-refractivity contribution < 1.29 is 9.53 Å². The lowest BCUT2D eigenvalue weighted by Crippen LogP contribution is -2.14. The Morgan fingerprint density at radius 2 is 1.93 bits per heavy atom. The smallest absolute Gasteiger partial charge is 0.234 e. The third kappa shape index (κ3) is 5.43. The fraction of sp³-hybridized carbons (Fsp3) is 0.211. The molecule has 28 heavy (non-hydrogen) atoms. The Morgan fingerprint density at radius 3 is 2.64 bits per heavy atom. The van der Waals surface area contributed by atoms with E-state index in [1.807, 2.05) is 54.3 Å². The number of carbonyl (C=O) groups excluding carboxylic acids is 1. The lowest BCUT2D eigenvalue weighted by atomic mass is 10.3. The molecule has 0 saturated carbocycles. The lowest BCUT2D eigenvalue weighted by Gasteiger charge is -2.08. The lowest BCUT2D eigenvalue weighted by molar-refractivity contribution is -0.113. The van der Waals surface area contributed by atoms with E-state index < -0.39 is 0 Å². The van der Waals surface area contributed by atoms with Crippen molar-refractivity contribution in [2.75, 3.05) is 17.3 Å². The summed E-state index contributed by atoms with van der Waals surface area (Å²) in [7, 11) is 1.84. The van der Waals surface area contributed by atoms with Crippen LogP contribution in [0.4, 0.5) is 5.69 Å². The van der Waals surface area contributed by atoms with Crippen LogP contribution in [0.15, 0.2) is 58.6 Å². The van der Waals surface area contributed by atoms with Crippen molar-refractivity contribution in [2.45, 2.75) is 16.7 Å². The molecular weight excluding hydrogens is 416 g/mol. The minimum absolute atomic E-state index is 0.0984. The summed E-state index contributed by atoms with van der Waals surface area (Å²) in [5, 5.41) is 12.3. The predicted octanol–water partition coefficient (Wildman–Crippen LogP) is 4.50. The first-order chi connectivity index (χ1) is 13.6. The van der Waals surface area contributed by atoms with Gasteiger partial charge in [-0.15, -0.1) is 22.0 Å². The van der Waals surface area contributed by atoms with Crippen LogP contribution in [0.2, 0.25) is 5.02 Å². The number of thioether (sulfide) groups is 2. The molecule has 0 unspecified atom stereocenters. The summed E-state index contributed by atoms with van der Waals surface area (Å²) in [4.78, 5) is 13.3. The fourth-order valence-corrected chi connectivity index (χ4v) is 3.63. The van der Waals surface area contributed by atoms with E-state index in [-0.39, 0.29) is 18.3 Å². The highest BCUT2D eigenvalue weighted by molar-refractivity contribution is 7.99. The van der Waals surface area contributed by atoms with Crippen LogP contribution in [0.3, 0.4) is 0 Å². The van der Waals surface area contributed by atoms with Gasteiger partial charge in [0.15, 0.2) is 11.0 Å². The summed E-state index contributed by atoms with van der Waals surface area (Å²) in [6, 6.07) is 15.0. The summed E-state index contributed by atoms with van der Waals surface area (Å²) in [6.07, 6.45) is 2.01. The number of hydrogen-bond donors (Lipinski definition) is 1. The van der Waals surface area contributed by atoms with Crippen LogP contribution in [-0.2, 0) is 18.4 Å². The number of nitrogens with zero attached hydrogens (tertiary/aromatic N) is 3. The third-order valence-electron chi connectivity index (χ3n) is 3.82. The Morgan fingerprint density at radius 1 is 1.18 bits per heavy atom. The molecule has 9 heteroatoms. The largest absolute Gasteiger partial charge is 0.484 e. The molecule has 0 atom stereocenters. The van der Waals surface area contributed by atoms with E-state index in [2.05, 4.69) is 15.5 Å². The minimum atomic E-state index is -0.0984. The quantitative estimate of drug-likeness (QED) is 0.526. The molecular formula is C19H19ClN4O2S2. The van der Waals surface area contributed by atoms with Crippen molar-refractivity contribution in [1.29, 1.82) is 0 Å². The molecule has 0 bridgehead atoms. The number of nitrogens with one attached hydrogen (secondary N) is 1. The predicted molar refractivity (Wildman–Crippen MR) is 114 cm³/mol. The normalized spacial score (nSPS) is 10.7. The monoisotopic (exact) mass is 434 g/mol. The molecule has 2 aromatic carbocycles. The average Bonchev–Trinajstić information content (AvgIpc) is 3.06. The van der Waals surface area contributed by atoms with Crippen molar-refractivity contribution >= 4 is 46.7 Å². The fourth-order valence-electron chi connectivity index (χ4n) is 2.30. The Balaban J connectivity index is 1.52. The van der Waals surface area contributed by atoms with Crippen LogP contribution in [0.25, 0.3) is 0 Å². The van der Waals surface area contributed by atoms with E-state index in [0.717, 1.165) is 10.6 Å². The van der Waals surface area contributed by atoms with Gasteiger partial charge in [-0.1, -0.05) is 35.5 Å². The highest BCUT2D eigenvalue weighted by Gasteiger charge is 2.13. The van der Waals surface area contributed by atoms with Crippen molar-refractivity contribution in [3.63, 3.8) is 0 Å². The van der Waals surface area contributed by atoms with Gasteiger partial charge in [0.05, 0.1) is 10.8 Å². The SMILES string of the molecule is CSc1ccc(NC(=O)CSc2nnc(COc3ccccc3Cl)n2C)cc1. The molecule has 146 valence electrons. The topological polar surface area (TPSA) is 69.0 Å². The van der Waals surface area contributed by atoms with Crippen molar-refractivity contribution in [3.05, 3.63) is 59.4 Å². The highest BCUT2D eigenvalue weighted by Crippen LogP contribution is 2.24. The molecule has 1 aromatic heterocycles. The van der Waals surface area contributed by atoms with E-state index in [1.54, 1.807) is 23.9 Å². The number of rotatable bonds is 8. The van der Waals surface area contributed by atoms with Gasteiger partial charge in [0, 0.05) is 17.6 Å². The zero-order chi connectivity index (χ0) is 19.9. The maximum absolute atomic E-state index is 12.2. The number of anilines is 1. The summed E-state index contributed by atoms with van der Waals surface area (Å²) in [5.41, 5.74) is 0.773. The van der Waals surface area contributed by atoms with Gasteiger partial charge in [-0.05, 0) is 42.7 Å². The highest BCUT2D eigenvalue weighted by atomic mass is 35.5. The maximum Gasteiger partial charge on any atom is 0.234 e. The number of benzene rings is 2. The molecule has 0 saturated heterocycles. The Kier molecular flexibility index (Phi) is 7.24. The maximum atomic E-state index is 12.2. The number of ether oxygens (including phenoxy) is 1. The summed E-state index contributed by atoms with van der Waals surface area (Å²) in [6.45, 7) is 0.238. The molecule has 6 nitrogen and oxygen atoms in total. The second-order valence-electron chi connectivity index (χ2n) is 5.74. The molecule has 3 aromatic rings. The zero-order valence-electron chi connectivity index (χ0n) is 15.4. The molecule has 0 fully saturated rings. The molecule has 0 aliphatic rings. The molecule has 0 radical (unpaired) electrons. The number of carbonyl (C=O) groups is 1. The molecule has 0 spiro atoms. The molecule has 3 rings (SSSR count). The number of aromatic nitrogens is 3. The van der Waals surface area contributed by atoms with Crippen LogP contribution < -0.4 is 10.1 Å². The number of amides is 1. The van der Waals surface area contributed by atoms with E-state index in [4.69, 9.17) is 16.3 Å². The first kappa shape index (κ1) is 20.6. The molecule has 1 N–H and O–H groups in total. The van der Waals surface area contributed by atoms with Gasteiger partial charge in [0.2, 0.25) is 5.91 Å². The first-order valence-corrected chi connectivity index (χ1v) is 11.0. The number of para-hydroxylation sites is 1. The van der Waals surface area contributed by atoms with E-state index in [0.29, 0.717) is 21.8 Å². The average molecular weight is 435 g/mol. The van der Waals surface area contributed by atoms with Gasteiger partial charge in [0.1, 0.15) is 12.4 Å². The van der Waals surface area contributed by atoms with Crippen molar-refractivity contribution in [3.8, 4) is 5.75 Å². The second-order valence-corrected chi connectivity index (χ2v) is 7.97. The van der Waals surface area contributed by atoms with Crippen LogP contribution >= 0.6 is 35.1 Å². The Bertz CT molecular complexity index is 947. The van der Waals surface area contributed by atoms with Crippen LogP contribution in [0.1, 0.15) is 5.82 Å². The summed E-state index contributed by atoms with van der Waals surface area (Å²) < 4.78 is 7.50. The van der Waals surface area contributed by atoms with E-state index in [1.165, 1.54) is 11.8 Å². The van der Waals surface area contributed by atoms with Gasteiger partial charge in [0.25, 0.3) is 0 Å². The molecule has 1 amide bonds. The van der Waals surface area contributed by atoms with Crippen LogP contribution in [0.5, 0.6) is 5.75 Å². The van der Waals surface area contributed by atoms with Gasteiger partial charge < -0.3 is 14.6 Å². The van der Waals surface area contributed by atoms with E-state index >= 15 is 0 Å². The second kappa shape index (κ2) is 9.86. The molecule has 0 aliphatic carbocycles. The summed E-state index contributed by atoms with van der Waals surface area (Å²) >= 11 is 9.06. The number of hydrogen-bond acceptors (Lipinski definition) is 6. The van der Waals surface area contributed by atoms with Crippen molar-refractivity contribution in [1.82, 2.24) is 14.8 Å². The Labute approximate surface area is 177 Å². The van der Waals surface area contributed by atoms with E-state index in [9.17, 15) is 4.79 Å². The van der Waals surface area contributed by atoms with Gasteiger partial charge in [-0.2, -0.15) is 0 Å². The molecule has 1 heterocycles. The van der Waals surface area contributed by atoms with Gasteiger partial charge in [-0.3, -0.25) is 4.79 Å². The van der Waals surface area contributed by atoms with Gasteiger partial charge in [-0.25, -0.2) is 0 Å². The zero-order valence-corrected chi connectivity index (χ0v) is 17.8. The van der Waals surface area contributed by atoms with Gasteiger partial charge >= 0.3 is 0 Å². The number of halogens is 1.